The number of benzene rings is 1. The van der Waals surface area contributed by atoms with Gasteiger partial charge in [-0.05, 0) is 24.1 Å². The van der Waals surface area contributed by atoms with E-state index in [2.05, 4.69) is 11.0 Å². The van der Waals surface area contributed by atoms with Gasteiger partial charge in [-0.2, -0.15) is 5.26 Å². The van der Waals surface area contributed by atoms with Gasteiger partial charge in [0.05, 0.1) is 30.5 Å². The molecule has 0 aliphatic carbocycles. The first-order valence-electron chi connectivity index (χ1n) is 5.70. The lowest BCUT2D eigenvalue weighted by Gasteiger charge is -2.26. The predicted molar refractivity (Wildman–Crippen MR) is 64.7 cm³/mol. The summed E-state index contributed by atoms with van der Waals surface area (Å²) in [6, 6.07) is 8.00. The molecule has 0 saturated carbocycles. The van der Waals surface area contributed by atoms with E-state index in [1.807, 2.05) is 19.2 Å². The Bertz CT molecular complexity index is 434. The zero-order chi connectivity index (χ0) is 12.3. The van der Waals surface area contributed by atoms with Crippen molar-refractivity contribution in [2.24, 2.45) is 0 Å². The topological polar surface area (TPSA) is 56.5 Å². The van der Waals surface area contributed by atoms with E-state index in [1.165, 1.54) is 0 Å². The van der Waals surface area contributed by atoms with Gasteiger partial charge < -0.3 is 14.7 Å². The molecule has 4 heteroatoms. The van der Waals surface area contributed by atoms with Gasteiger partial charge in [-0.3, -0.25) is 0 Å². The molecule has 0 spiro atoms. The van der Waals surface area contributed by atoms with Gasteiger partial charge in [-0.25, -0.2) is 0 Å². The van der Waals surface area contributed by atoms with Gasteiger partial charge in [0.15, 0.2) is 0 Å². The molecule has 1 atom stereocenters. The standard InChI is InChI=1S/C13H16N2O2/c1-15(12-4-5-17-9-12)13-3-2-10(8-16)6-11(13)7-14/h2-3,6,12,16H,4-5,8-9H2,1H3. The van der Waals surface area contributed by atoms with Crippen LogP contribution in [0.5, 0.6) is 0 Å². The van der Waals surface area contributed by atoms with Crippen LogP contribution >= 0.6 is 0 Å². The normalized spacial score (nSPS) is 19.0. The Kier molecular flexibility index (Phi) is 3.62. The maximum absolute atomic E-state index is 9.14. The van der Waals surface area contributed by atoms with Gasteiger partial charge in [0.2, 0.25) is 0 Å². The molecule has 1 heterocycles. The highest BCUT2D eigenvalue weighted by atomic mass is 16.5. The highest BCUT2D eigenvalue weighted by Crippen LogP contribution is 2.24. The van der Waals surface area contributed by atoms with Crippen molar-refractivity contribution >= 4 is 5.69 Å². The van der Waals surface area contributed by atoms with Crippen molar-refractivity contribution in [3.8, 4) is 6.07 Å². The number of aliphatic hydroxyl groups is 1. The van der Waals surface area contributed by atoms with E-state index in [-0.39, 0.29) is 6.61 Å². The average molecular weight is 232 g/mol. The maximum atomic E-state index is 9.14. The lowest BCUT2D eigenvalue weighted by Crippen LogP contribution is -2.32. The number of ether oxygens (including phenoxy) is 1. The highest BCUT2D eigenvalue weighted by molar-refractivity contribution is 5.60. The molecule has 1 fully saturated rings. The van der Waals surface area contributed by atoms with Gasteiger partial charge in [0, 0.05) is 13.7 Å². The fourth-order valence-electron chi connectivity index (χ4n) is 2.10. The van der Waals surface area contributed by atoms with Gasteiger partial charge in [-0.1, -0.05) is 6.07 Å². The van der Waals surface area contributed by atoms with Crippen LogP contribution in [0, 0.1) is 11.3 Å². The number of likely N-dealkylation sites (N-methyl/N-ethyl adjacent to an activating group) is 1. The summed E-state index contributed by atoms with van der Waals surface area (Å²) in [6.07, 6.45) is 0.989. The maximum Gasteiger partial charge on any atom is 0.101 e. The summed E-state index contributed by atoms with van der Waals surface area (Å²) in [5, 5.41) is 18.2. The second-order valence-corrected chi connectivity index (χ2v) is 4.25. The number of nitriles is 1. The number of nitrogens with zero attached hydrogens (tertiary/aromatic N) is 2. The second-order valence-electron chi connectivity index (χ2n) is 4.25. The van der Waals surface area contributed by atoms with E-state index in [0.29, 0.717) is 18.2 Å². The Balaban J connectivity index is 2.28. The summed E-state index contributed by atoms with van der Waals surface area (Å²) in [7, 11) is 1.98. The molecule has 1 N–H and O–H groups in total. The number of rotatable bonds is 3. The monoisotopic (exact) mass is 232 g/mol. The summed E-state index contributed by atoms with van der Waals surface area (Å²) in [4.78, 5) is 2.09. The number of anilines is 1. The van der Waals surface area contributed by atoms with E-state index < -0.39 is 0 Å². The first-order chi connectivity index (χ1) is 8.26. The molecule has 0 aromatic heterocycles. The van der Waals surface area contributed by atoms with Crippen molar-refractivity contribution in [2.45, 2.75) is 19.1 Å². The molecule has 1 unspecified atom stereocenters. The molecule has 2 rings (SSSR count). The van der Waals surface area contributed by atoms with E-state index in [0.717, 1.165) is 24.3 Å². The summed E-state index contributed by atoms with van der Waals surface area (Å²) in [5.41, 5.74) is 2.27. The van der Waals surface area contributed by atoms with E-state index in [1.54, 1.807) is 6.07 Å². The lowest BCUT2D eigenvalue weighted by molar-refractivity contribution is 0.193. The van der Waals surface area contributed by atoms with Crippen LogP contribution in [0.2, 0.25) is 0 Å². The molecule has 90 valence electrons. The Hall–Kier alpha value is -1.57. The third-order valence-electron chi connectivity index (χ3n) is 3.20. The van der Waals surface area contributed by atoms with Crippen LogP contribution in [0.15, 0.2) is 18.2 Å². The van der Waals surface area contributed by atoms with E-state index in [4.69, 9.17) is 15.1 Å². The SMILES string of the molecule is CN(c1ccc(CO)cc1C#N)C1CCOC1. The van der Waals surface area contributed by atoms with E-state index >= 15 is 0 Å². The average Bonchev–Trinajstić information content (AvgIpc) is 2.91. The molecular formula is C13H16N2O2. The van der Waals surface area contributed by atoms with Crippen molar-refractivity contribution in [3.63, 3.8) is 0 Å². The van der Waals surface area contributed by atoms with Crippen molar-refractivity contribution in [1.82, 2.24) is 0 Å². The molecule has 4 nitrogen and oxygen atoms in total. The first-order valence-corrected chi connectivity index (χ1v) is 5.70. The summed E-state index contributed by atoms with van der Waals surface area (Å²) >= 11 is 0. The van der Waals surface area contributed by atoms with E-state index in [9.17, 15) is 0 Å². The summed E-state index contributed by atoms with van der Waals surface area (Å²) in [6.45, 7) is 1.46. The minimum atomic E-state index is -0.0365. The van der Waals surface area contributed by atoms with Gasteiger partial charge >= 0.3 is 0 Å². The van der Waals surface area contributed by atoms with Crippen molar-refractivity contribution < 1.29 is 9.84 Å². The Morgan fingerprint density at radius 3 is 3.00 bits per heavy atom. The quantitative estimate of drug-likeness (QED) is 0.852. The molecule has 17 heavy (non-hydrogen) atoms. The summed E-state index contributed by atoms with van der Waals surface area (Å²) < 4.78 is 5.35. The third kappa shape index (κ3) is 2.41. The van der Waals surface area contributed by atoms with Crippen molar-refractivity contribution in [1.29, 1.82) is 5.26 Å². The van der Waals surface area contributed by atoms with Gasteiger partial charge in [-0.15, -0.1) is 0 Å². The molecule has 0 bridgehead atoms. The van der Waals surface area contributed by atoms with Crippen LogP contribution in [0.1, 0.15) is 17.5 Å². The Labute approximate surface area is 101 Å². The summed E-state index contributed by atoms with van der Waals surface area (Å²) in [5.74, 6) is 0. The minimum absolute atomic E-state index is 0.0365. The third-order valence-corrected chi connectivity index (χ3v) is 3.20. The number of hydrogen-bond acceptors (Lipinski definition) is 4. The van der Waals surface area contributed by atoms with Gasteiger partial charge in [0.25, 0.3) is 0 Å². The fourth-order valence-corrected chi connectivity index (χ4v) is 2.10. The van der Waals surface area contributed by atoms with Crippen LogP contribution in [0.4, 0.5) is 5.69 Å². The zero-order valence-electron chi connectivity index (χ0n) is 9.89. The van der Waals surface area contributed by atoms with Crippen molar-refractivity contribution in [3.05, 3.63) is 29.3 Å². The van der Waals surface area contributed by atoms with Crippen LogP contribution in [-0.4, -0.2) is 31.4 Å². The smallest absolute Gasteiger partial charge is 0.101 e. The molecule has 1 saturated heterocycles. The van der Waals surface area contributed by atoms with Crippen LogP contribution < -0.4 is 4.90 Å². The number of hydrogen-bond donors (Lipinski definition) is 1. The van der Waals surface area contributed by atoms with Crippen molar-refractivity contribution in [2.75, 3.05) is 25.2 Å². The lowest BCUT2D eigenvalue weighted by atomic mass is 10.1. The Morgan fingerprint density at radius 2 is 2.41 bits per heavy atom. The second kappa shape index (κ2) is 5.17. The first kappa shape index (κ1) is 11.9. The van der Waals surface area contributed by atoms with Crippen LogP contribution in [0.3, 0.4) is 0 Å². The predicted octanol–water partition coefficient (Wildman–Crippen LogP) is 1.28. The highest BCUT2D eigenvalue weighted by Gasteiger charge is 2.22. The van der Waals surface area contributed by atoms with Gasteiger partial charge in [0.1, 0.15) is 6.07 Å². The number of aliphatic hydroxyl groups excluding tert-OH is 1. The molecule has 1 aliphatic heterocycles. The minimum Gasteiger partial charge on any atom is -0.392 e. The largest absolute Gasteiger partial charge is 0.392 e. The molecule has 1 aromatic rings. The van der Waals surface area contributed by atoms with Crippen LogP contribution in [0.25, 0.3) is 0 Å². The molecule has 1 aromatic carbocycles. The Morgan fingerprint density at radius 1 is 1.59 bits per heavy atom. The zero-order valence-corrected chi connectivity index (χ0v) is 9.89. The molecular weight excluding hydrogens is 216 g/mol. The molecule has 0 amide bonds. The fraction of sp³-hybridized carbons (Fsp3) is 0.462. The van der Waals surface area contributed by atoms with Crippen LogP contribution in [-0.2, 0) is 11.3 Å². The molecule has 1 aliphatic rings. The molecule has 0 radical (unpaired) electrons.